The largest absolute Gasteiger partial charge is 0.416 e. The van der Waals surface area contributed by atoms with E-state index in [1.807, 2.05) is 0 Å². The van der Waals surface area contributed by atoms with Crippen LogP contribution in [-0.2, 0) is 20.6 Å². The number of benzene rings is 1. The van der Waals surface area contributed by atoms with Gasteiger partial charge in [-0.25, -0.2) is 0 Å². The van der Waals surface area contributed by atoms with Gasteiger partial charge < -0.3 is 4.90 Å². The number of aromatic nitrogens is 2. The third-order valence-corrected chi connectivity index (χ3v) is 6.28. The molecule has 3 amide bonds. The van der Waals surface area contributed by atoms with Crippen molar-refractivity contribution < 1.29 is 27.6 Å². The number of amides is 3. The number of aromatic amines is 1. The van der Waals surface area contributed by atoms with E-state index in [1.54, 1.807) is 11.1 Å². The molecule has 1 unspecified atom stereocenters. The molecule has 176 valence electrons. The number of rotatable bonds is 5. The molecule has 2 fully saturated rings. The Morgan fingerprint density at radius 3 is 2.42 bits per heavy atom. The number of hydrogen-bond donors (Lipinski definition) is 1. The van der Waals surface area contributed by atoms with Gasteiger partial charge in [0.1, 0.15) is 0 Å². The highest BCUT2D eigenvalue weighted by Crippen LogP contribution is 2.37. The van der Waals surface area contributed by atoms with Crippen molar-refractivity contribution in [3.63, 3.8) is 0 Å². The van der Waals surface area contributed by atoms with E-state index in [-0.39, 0.29) is 36.7 Å². The molecule has 0 aliphatic carbocycles. The highest BCUT2D eigenvalue weighted by Gasteiger charge is 2.33. The van der Waals surface area contributed by atoms with Gasteiger partial charge in [0.05, 0.1) is 23.5 Å². The van der Waals surface area contributed by atoms with Gasteiger partial charge in [0.15, 0.2) is 0 Å². The van der Waals surface area contributed by atoms with Gasteiger partial charge in [-0.1, -0.05) is 12.1 Å². The van der Waals surface area contributed by atoms with Crippen LogP contribution < -0.4 is 0 Å². The molecule has 1 atom stereocenters. The second-order valence-corrected chi connectivity index (χ2v) is 8.41. The highest BCUT2D eigenvalue weighted by atomic mass is 19.4. The Labute approximate surface area is 188 Å². The SMILES string of the molecule is O=C1CCCC(=O)N1CCC(=O)N1CCCCC1c1[nH]ncc1-c1ccc(C(F)(F)F)cc1. The fourth-order valence-electron chi connectivity index (χ4n) is 4.55. The van der Waals surface area contributed by atoms with Crippen LogP contribution >= 0.6 is 0 Å². The Hall–Kier alpha value is -3.17. The maximum absolute atomic E-state index is 13.1. The summed E-state index contributed by atoms with van der Waals surface area (Å²) in [5.74, 6) is -0.654. The molecule has 2 aliphatic heterocycles. The first-order valence-electron chi connectivity index (χ1n) is 11.1. The molecule has 0 saturated carbocycles. The normalized spacial score (nSPS) is 19.8. The van der Waals surface area contributed by atoms with Crippen molar-refractivity contribution in [2.75, 3.05) is 13.1 Å². The molecule has 10 heteroatoms. The second kappa shape index (κ2) is 9.36. The number of H-pyrrole nitrogens is 1. The second-order valence-electron chi connectivity index (χ2n) is 8.41. The van der Waals surface area contributed by atoms with Crippen molar-refractivity contribution in [2.45, 2.75) is 57.2 Å². The fraction of sp³-hybridized carbons (Fsp3) is 0.478. The summed E-state index contributed by atoms with van der Waals surface area (Å²) in [5, 5.41) is 7.03. The van der Waals surface area contributed by atoms with Gasteiger partial charge in [0.25, 0.3) is 0 Å². The molecule has 0 radical (unpaired) electrons. The van der Waals surface area contributed by atoms with Crippen LogP contribution in [0, 0.1) is 0 Å². The number of nitrogens with zero attached hydrogens (tertiary/aromatic N) is 3. The van der Waals surface area contributed by atoms with E-state index >= 15 is 0 Å². The standard InChI is InChI=1S/C23H25F3N4O3/c24-23(25,26)16-9-7-15(8-10-16)17-14-27-28-22(17)18-4-1-2-12-29(18)21(33)11-13-30-19(31)5-3-6-20(30)32/h7-10,14,18H,1-6,11-13H2,(H,27,28). The quantitative estimate of drug-likeness (QED) is 0.679. The smallest absolute Gasteiger partial charge is 0.334 e. The first kappa shape index (κ1) is 23.0. The minimum Gasteiger partial charge on any atom is -0.334 e. The molecular formula is C23H25F3N4O3. The number of carbonyl (C=O) groups excluding carboxylic acids is 3. The summed E-state index contributed by atoms with van der Waals surface area (Å²) in [6, 6.07) is 4.56. The molecule has 1 aromatic carbocycles. The molecule has 2 aromatic rings. The molecule has 7 nitrogen and oxygen atoms in total. The van der Waals surface area contributed by atoms with Gasteiger partial charge in [0.2, 0.25) is 17.7 Å². The summed E-state index contributed by atoms with van der Waals surface area (Å²) in [7, 11) is 0. The maximum Gasteiger partial charge on any atom is 0.416 e. The van der Waals surface area contributed by atoms with Gasteiger partial charge in [-0.3, -0.25) is 24.4 Å². The van der Waals surface area contributed by atoms with Gasteiger partial charge in [-0.15, -0.1) is 0 Å². The molecule has 0 bridgehead atoms. The number of piperidine rings is 2. The predicted molar refractivity (Wildman–Crippen MR) is 113 cm³/mol. The van der Waals surface area contributed by atoms with Gasteiger partial charge in [0, 0.05) is 37.9 Å². The van der Waals surface area contributed by atoms with Crippen molar-refractivity contribution in [3.05, 3.63) is 41.7 Å². The Morgan fingerprint density at radius 1 is 1.06 bits per heavy atom. The molecule has 3 heterocycles. The third-order valence-electron chi connectivity index (χ3n) is 6.28. The van der Waals surface area contributed by atoms with Crippen molar-refractivity contribution in [2.24, 2.45) is 0 Å². The zero-order valence-electron chi connectivity index (χ0n) is 18.0. The average molecular weight is 462 g/mol. The number of nitrogens with one attached hydrogen (secondary N) is 1. The van der Waals surface area contributed by atoms with Gasteiger partial charge in [-0.05, 0) is 43.4 Å². The number of imide groups is 1. The first-order chi connectivity index (χ1) is 15.8. The average Bonchev–Trinajstić information content (AvgIpc) is 3.28. The predicted octanol–water partition coefficient (Wildman–Crippen LogP) is 4.08. The Kier molecular flexibility index (Phi) is 6.53. The number of hydrogen-bond acceptors (Lipinski definition) is 4. The van der Waals surface area contributed by atoms with E-state index in [0.717, 1.165) is 25.0 Å². The zero-order valence-corrected chi connectivity index (χ0v) is 18.0. The Morgan fingerprint density at radius 2 is 1.76 bits per heavy atom. The summed E-state index contributed by atoms with van der Waals surface area (Å²) < 4.78 is 38.8. The Bertz CT molecular complexity index is 1020. The number of halogens is 3. The number of carbonyl (C=O) groups is 3. The minimum absolute atomic E-state index is 0.0394. The van der Waals surface area contributed by atoms with Crippen molar-refractivity contribution in [1.29, 1.82) is 0 Å². The van der Waals surface area contributed by atoms with E-state index < -0.39 is 11.7 Å². The lowest BCUT2D eigenvalue weighted by atomic mass is 9.94. The summed E-state index contributed by atoms with van der Waals surface area (Å²) in [4.78, 5) is 40.0. The Balaban J connectivity index is 1.51. The van der Waals surface area contributed by atoms with Gasteiger partial charge in [-0.2, -0.15) is 18.3 Å². The zero-order chi connectivity index (χ0) is 23.6. The monoisotopic (exact) mass is 462 g/mol. The molecule has 0 spiro atoms. The van der Waals surface area contributed by atoms with Crippen LogP contribution in [0.15, 0.2) is 30.5 Å². The van der Waals surface area contributed by atoms with Crippen LogP contribution in [0.1, 0.15) is 62.2 Å². The summed E-state index contributed by atoms with van der Waals surface area (Å²) in [6.07, 6.45) is 0.760. The molecule has 2 aliphatic rings. The molecule has 1 N–H and O–H groups in total. The number of likely N-dealkylation sites (tertiary alicyclic amines) is 2. The van der Waals surface area contributed by atoms with Crippen molar-refractivity contribution >= 4 is 17.7 Å². The molecule has 4 rings (SSSR count). The van der Waals surface area contributed by atoms with Gasteiger partial charge >= 0.3 is 6.18 Å². The summed E-state index contributed by atoms with van der Waals surface area (Å²) in [6.45, 7) is 0.589. The lowest BCUT2D eigenvalue weighted by Crippen LogP contribution is -2.44. The minimum atomic E-state index is -4.42. The summed E-state index contributed by atoms with van der Waals surface area (Å²) >= 11 is 0. The van der Waals surface area contributed by atoms with Crippen LogP contribution in [0.4, 0.5) is 13.2 Å². The first-order valence-corrected chi connectivity index (χ1v) is 11.1. The van der Waals surface area contributed by atoms with Crippen LogP contribution in [-0.4, -0.2) is 50.8 Å². The van der Waals surface area contributed by atoms with Crippen molar-refractivity contribution in [1.82, 2.24) is 20.0 Å². The maximum atomic E-state index is 13.1. The molecule has 1 aromatic heterocycles. The van der Waals surface area contributed by atoms with Crippen LogP contribution in [0.3, 0.4) is 0 Å². The van der Waals surface area contributed by atoms with Crippen LogP contribution in [0.2, 0.25) is 0 Å². The van der Waals surface area contributed by atoms with Crippen LogP contribution in [0.5, 0.6) is 0 Å². The summed E-state index contributed by atoms with van der Waals surface area (Å²) in [5.41, 5.74) is 1.17. The molecular weight excluding hydrogens is 437 g/mol. The molecule has 2 saturated heterocycles. The third kappa shape index (κ3) is 4.94. The topological polar surface area (TPSA) is 86.4 Å². The van der Waals surface area contributed by atoms with E-state index in [4.69, 9.17) is 0 Å². The lowest BCUT2D eigenvalue weighted by Gasteiger charge is -2.36. The highest BCUT2D eigenvalue weighted by molar-refractivity contribution is 5.97. The van der Waals surface area contributed by atoms with E-state index in [0.29, 0.717) is 49.0 Å². The fourth-order valence-corrected chi connectivity index (χ4v) is 4.55. The number of alkyl halides is 3. The lowest BCUT2D eigenvalue weighted by molar-refractivity contribution is -0.148. The van der Waals surface area contributed by atoms with E-state index in [1.165, 1.54) is 17.0 Å². The van der Waals surface area contributed by atoms with E-state index in [2.05, 4.69) is 10.2 Å². The van der Waals surface area contributed by atoms with Crippen molar-refractivity contribution in [3.8, 4) is 11.1 Å². The van der Waals surface area contributed by atoms with E-state index in [9.17, 15) is 27.6 Å². The molecule has 33 heavy (non-hydrogen) atoms. The van der Waals surface area contributed by atoms with Crippen LogP contribution in [0.25, 0.3) is 11.1 Å².